The maximum absolute atomic E-state index is 5.90. The molecule has 1 atom stereocenters. The molecule has 1 heterocycles. The van der Waals surface area contributed by atoms with Gasteiger partial charge in [0.15, 0.2) is 0 Å². The molecule has 1 nitrogen and oxygen atoms in total. The van der Waals surface area contributed by atoms with Crippen LogP contribution in [0.15, 0.2) is 20.6 Å². The molecule has 0 fully saturated rings. The predicted octanol–water partition coefficient (Wildman–Crippen LogP) is 4.31. The van der Waals surface area contributed by atoms with Crippen LogP contribution in [0.4, 0.5) is 0 Å². The maximum atomic E-state index is 5.90. The molecule has 0 radical (unpaired) electrons. The first kappa shape index (κ1) is 11.8. The van der Waals surface area contributed by atoms with E-state index in [4.69, 9.17) is 16.3 Å². The molecule has 0 spiro atoms. The van der Waals surface area contributed by atoms with Crippen molar-refractivity contribution in [2.75, 3.05) is 6.61 Å². The first-order valence-corrected chi connectivity index (χ1v) is 6.14. The van der Waals surface area contributed by atoms with Crippen LogP contribution in [0.1, 0.15) is 19.3 Å². The normalized spacial score (nSPS) is 22.4. The van der Waals surface area contributed by atoms with Crippen molar-refractivity contribution in [2.24, 2.45) is 0 Å². The van der Waals surface area contributed by atoms with E-state index in [-0.39, 0.29) is 6.10 Å². The largest absolute Gasteiger partial charge is 0.374 e. The lowest BCUT2D eigenvalue weighted by Crippen LogP contribution is -2.15. The second kappa shape index (κ2) is 6.23. The molecular formula is C9H11Br2ClO. The SMILES string of the molecule is ClC1=CC(CCC=C(Br)Br)OCC1. The highest BCUT2D eigenvalue weighted by atomic mass is 79.9. The Balaban J connectivity index is 2.29. The Hall–Kier alpha value is 0.690. The Morgan fingerprint density at radius 2 is 2.46 bits per heavy atom. The number of ether oxygens (including phenoxy) is 1. The summed E-state index contributed by atoms with van der Waals surface area (Å²) in [6, 6.07) is 0. The van der Waals surface area contributed by atoms with Gasteiger partial charge in [-0.15, -0.1) is 0 Å². The fourth-order valence-electron chi connectivity index (χ4n) is 1.16. The van der Waals surface area contributed by atoms with Crippen molar-refractivity contribution in [1.82, 2.24) is 0 Å². The topological polar surface area (TPSA) is 9.23 Å². The predicted molar refractivity (Wildman–Crippen MR) is 63.5 cm³/mol. The molecule has 1 aliphatic heterocycles. The van der Waals surface area contributed by atoms with E-state index >= 15 is 0 Å². The van der Waals surface area contributed by atoms with Gasteiger partial charge in [0, 0.05) is 11.5 Å². The lowest BCUT2D eigenvalue weighted by molar-refractivity contribution is 0.0739. The lowest BCUT2D eigenvalue weighted by Gasteiger charge is -2.18. The number of hydrogen-bond donors (Lipinski definition) is 0. The molecule has 0 aromatic carbocycles. The first-order chi connectivity index (χ1) is 6.18. The fourth-order valence-corrected chi connectivity index (χ4v) is 1.84. The van der Waals surface area contributed by atoms with Gasteiger partial charge < -0.3 is 4.74 Å². The van der Waals surface area contributed by atoms with Gasteiger partial charge >= 0.3 is 0 Å². The van der Waals surface area contributed by atoms with Crippen LogP contribution >= 0.6 is 43.5 Å². The molecule has 1 aliphatic rings. The van der Waals surface area contributed by atoms with Crippen molar-refractivity contribution >= 4 is 43.5 Å². The molecule has 0 aromatic heterocycles. The number of allylic oxidation sites excluding steroid dienone is 1. The van der Waals surface area contributed by atoms with E-state index in [1.54, 1.807) is 0 Å². The van der Waals surface area contributed by atoms with E-state index in [1.807, 2.05) is 6.08 Å². The van der Waals surface area contributed by atoms with E-state index in [0.29, 0.717) is 0 Å². The average Bonchev–Trinajstić information content (AvgIpc) is 2.03. The summed E-state index contributed by atoms with van der Waals surface area (Å²) in [5.74, 6) is 0. The first-order valence-electron chi connectivity index (χ1n) is 4.17. The smallest absolute Gasteiger partial charge is 0.0773 e. The standard InChI is InChI=1S/C9H11Br2ClO/c10-9(11)3-1-2-8-6-7(12)4-5-13-8/h3,6,8H,1-2,4-5H2. The summed E-state index contributed by atoms with van der Waals surface area (Å²) in [7, 11) is 0. The van der Waals surface area contributed by atoms with Crippen LogP contribution < -0.4 is 0 Å². The molecule has 13 heavy (non-hydrogen) atoms. The summed E-state index contributed by atoms with van der Waals surface area (Å²) in [6.07, 6.45) is 7.09. The van der Waals surface area contributed by atoms with Crippen LogP contribution in [-0.4, -0.2) is 12.7 Å². The minimum atomic E-state index is 0.192. The fraction of sp³-hybridized carbons (Fsp3) is 0.556. The second-order valence-electron chi connectivity index (χ2n) is 2.84. The summed E-state index contributed by atoms with van der Waals surface area (Å²) >= 11 is 12.5. The minimum Gasteiger partial charge on any atom is -0.374 e. The van der Waals surface area contributed by atoms with Gasteiger partial charge in [-0.25, -0.2) is 0 Å². The monoisotopic (exact) mass is 328 g/mol. The third-order valence-corrected chi connectivity index (χ3v) is 2.75. The third kappa shape index (κ3) is 5.21. The van der Waals surface area contributed by atoms with Crippen molar-refractivity contribution in [2.45, 2.75) is 25.4 Å². The molecule has 0 bridgehead atoms. The van der Waals surface area contributed by atoms with Gasteiger partial charge in [-0.1, -0.05) is 17.7 Å². The van der Waals surface area contributed by atoms with Crippen LogP contribution in [0.5, 0.6) is 0 Å². The maximum Gasteiger partial charge on any atom is 0.0773 e. The summed E-state index contributed by atoms with van der Waals surface area (Å²) < 4.78 is 6.50. The van der Waals surface area contributed by atoms with Gasteiger partial charge in [0.05, 0.1) is 16.1 Å². The highest BCUT2D eigenvalue weighted by Crippen LogP contribution is 2.20. The molecule has 0 N–H and O–H groups in total. The summed E-state index contributed by atoms with van der Waals surface area (Å²) in [6.45, 7) is 0.749. The molecule has 4 heteroatoms. The van der Waals surface area contributed by atoms with Crippen molar-refractivity contribution in [3.8, 4) is 0 Å². The lowest BCUT2D eigenvalue weighted by atomic mass is 10.1. The summed E-state index contributed by atoms with van der Waals surface area (Å²) in [4.78, 5) is 0. The van der Waals surface area contributed by atoms with Crippen LogP contribution in [0.3, 0.4) is 0 Å². The number of hydrogen-bond acceptors (Lipinski definition) is 1. The quantitative estimate of drug-likeness (QED) is 0.749. The van der Waals surface area contributed by atoms with Crippen molar-refractivity contribution in [1.29, 1.82) is 0 Å². The van der Waals surface area contributed by atoms with E-state index in [0.717, 1.165) is 34.3 Å². The molecule has 0 aliphatic carbocycles. The molecule has 0 aromatic rings. The van der Waals surface area contributed by atoms with Gasteiger partial charge in [0.25, 0.3) is 0 Å². The molecule has 1 rings (SSSR count). The van der Waals surface area contributed by atoms with Crippen molar-refractivity contribution in [3.63, 3.8) is 0 Å². The van der Waals surface area contributed by atoms with E-state index in [2.05, 4.69) is 37.9 Å². The Bertz CT molecular complexity index is 222. The van der Waals surface area contributed by atoms with Crippen LogP contribution in [0, 0.1) is 0 Å². The molecule has 0 saturated carbocycles. The van der Waals surface area contributed by atoms with E-state index in [9.17, 15) is 0 Å². The van der Waals surface area contributed by atoms with E-state index in [1.165, 1.54) is 0 Å². The zero-order chi connectivity index (χ0) is 9.68. The molecule has 0 amide bonds. The Kier molecular flexibility index (Phi) is 5.63. The third-order valence-electron chi connectivity index (χ3n) is 1.79. The van der Waals surface area contributed by atoms with Gasteiger partial charge in [0.2, 0.25) is 0 Å². The summed E-state index contributed by atoms with van der Waals surface area (Å²) in [5, 5.41) is 0.929. The highest BCUT2D eigenvalue weighted by Gasteiger charge is 2.11. The van der Waals surface area contributed by atoms with Gasteiger partial charge in [-0.2, -0.15) is 0 Å². The van der Waals surface area contributed by atoms with Crippen LogP contribution in [0.25, 0.3) is 0 Å². The number of rotatable bonds is 3. The Morgan fingerprint density at radius 1 is 1.69 bits per heavy atom. The molecular weight excluding hydrogens is 319 g/mol. The van der Waals surface area contributed by atoms with Crippen LogP contribution in [0.2, 0.25) is 0 Å². The van der Waals surface area contributed by atoms with Gasteiger partial charge in [0.1, 0.15) is 0 Å². The van der Waals surface area contributed by atoms with Gasteiger partial charge in [-0.05, 0) is 50.8 Å². The minimum absolute atomic E-state index is 0.192. The average molecular weight is 330 g/mol. The zero-order valence-electron chi connectivity index (χ0n) is 7.10. The van der Waals surface area contributed by atoms with E-state index < -0.39 is 0 Å². The highest BCUT2D eigenvalue weighted by molar-refractivity contribution is 9.28. The van der Waals surface area contributed by atoms with Gasteiger partial charge in [-0.3, -0.25) is 0 Å². The second-order valence-corrected chi connectivity index (χ2v) is 6.10. The number of halogens is 3. The summed E-state index contributed by atoms with van der Waals surface area (Å²) in [5.41, 5.74) is 0. The van der Waals surface area contributed by atoms with Crippen molar-refractivity contribution in [3.05, 3.63) is 20.6 Å². The molecule has 1 unspecified atom stereocenters. The van der Waals surface area contributed by atoms with Crippen molar-refractivity contribution < 1.29 is 4.74 Å². The Morgan fingerprint density at radius 3 is 3.08 bits per heavy atom. The van der Waals surface area contributed by atoms with Crippen LogP contribution in [-0.2, 0) is 4.74 Å². The zero-order valence-corrected chi connectivity index (χ0v) is 11.0. The molecule has 74 valence electrons. The molecule has 0 saturated heterocycles. The Labute approximate surface area is 100 Å².